The summed E-state index contributed by atoms with van der Waals surface area (Å²) in [5.74, 6) is -0.544. The number of carbonyl (C=O) groups excluding carboxylic acids is 1. The van der Waals surface area contributed by atoms with Crippen LogP contribution in [0.25, 0.3) is 0 Å². The van der Waals surface area contributed by atoms with Crippen molar-refractivity contribution < 1.29 is 23.0 Å². The molecule has 0 aliphatic rings. The first kappa shape index (κ1) is 15.8. The SMILES string of the molecule is C/C=C\C(=C/CC)COC(=O)CCOC(F)F. The molecule has 0 aromatic rings. The summed E-state index contributed by atoms with van der Waals surface area (Å²) in [6, 6.07) is 0. The Bertz CT molecular complexity index is 273. The number of halogens is 2. The van der Waals surface area contributed by atoms with Gasteiger partial charge in [-0.1, -0.05) is 25.2 Å². The second-order valence-corrected chi connectivity index (χ2v) is 3.23. The van der Waals surface area contributed by atoms with E-state index in [2.05, 4.69) is 4.74 Å². The Morgan fingerprint density at radius 1 is 1.41 bits per heavy atom. The minimum Gasteiger partial charge on any atom is -0.461 e. The molecule has 0 aromatic carbocycles. The van der Waals surface area contributed by atoms with Gasteiger partial charge in [0, 0.05) is 0 Å². The van der Waals surface area contributed by atoms with E-state index in [1.807, 2.05) is 32.1 Å². The van der Waals surface area contributed by atoms with Crippen molar-refractivity contribution in [2.45, 2.75) is 33.3 Å². The molecule has 0 heterocycles. The Hall–Kier alpha value is -1.23. The summed E-state index contributed by atoms with van der Waals surface area (Å²) in [5, 5.41) is 0. The molecule has 0 N–H and O–H groups in total. The zero-order valence-corrected chi connectivity index (χ0v) is 10.1. The van der Waals surface area contributed by atoms with Crippen LogP contribution in [0.15, 0.2) is 23.8 Å². The number of alkyl halides is 2. The molecule has 0 saturated carbocycles. The third-order valence-electron chi connectivity index (χ3n) is 1.80. The number of ether oxygens (including phenoxy) is 2. The highest BCUT2D eigenvalue weighted by Gasteiger charge is 2.07. The van der Waals surface area contributed by atoms with Crippen molar-refractivity contribution in [1.29, 1.82) is 0 Å². The van der Waals surface area contributed by atoms with Gasteiger partial charge in [-0.15, -0.1) is 0 Å². The van der Waals surface area contributed by atoms with Crippen LogP contribution in [0, 0.1) is 0 Å². The fourth-order valence-electron chi connectivity index (χ4n) is 1.12. The highest BCUT2D eigenvalue weighted by molar-refractivity contribution is 5.69. The second-order valence-electron chi connectivity index (χ2n) is 3.23. The third-order valence-corrected chi connectivity index (χ3v) is 1.80. The predicted octanol–water partition coefficient (Wildman–Crippen LogP) is 3.07. The molecule has 5 heteroatoms. The maximum atomic E-state index is 11.6. The van der Waals surface area contributed by atoms with E-state index < -0.39 is 12.6 Å². The molecular formula is C12H18F2O3. The monoisotopic (exact) mass is 248 g/mol. The molecule has 3 nitrogen and oxygen atoms in total. The van der Waals surface area contributed by atoms with E-state index in [1.54, 1.807) is 0 Å². The fraction of sp³-hybridized carbons (Fsp3) is 0.583. The van der Waals surface area contributed by atoms with Crippen molar-refractivity contribution in [3.05, 3.63) is 23.8 Å². The minimum atomic E-state index is -2.85. The molecule has 0 unspecified atom stereocenters. The van der Waals surface area contributed by atoms with Gasteiger partial charge in [0.2, 0.25) is 0 Å². The first-order valence-corrected chi connectivity index (χ1v) is 5.47. The molecule has 0 saturated heterocycles. The van der Waals surface area contributed by atoms with E-state index in [4.69, 9.17) is 4.74 Å². The number of rotatable bonds is 8. The van der Waals surface area contributed by atoms with Crippen LogP contribution in [-0.2, 0) is 14.3 Å². The summed E-state index contributed by atoms with van der Waals surface area (Å²) in [6.07, 6.45) is 6.29. The Morgan fingerprint density at radius 2 is 2.12 bits per heavy atom. The minimum absolute atomic E-state index is 0.158. The lowest BCUT2D eigenvalue weighted by Gasteiger charge is -2.06. The van der Waals surface area contributed by atoms with Crippen LogP contribution in [0.4, 0.5) is 8.78 Å². The van der Waals surface area contributed by atoms with E-state index in [1.165, 1.54) is 0 Å². The molecule has 0 aromatic heterocycles. The zero-order valence-electron chi connectivity index (χ0n) is 10.1. The highest BCUT2D eigenvalue weighted by atomic mass is 19.3. The van der Waals surface area contributed by atoms with E-state index >= 15 is 0 Å². The largest absolute Gasteiger partial charge is 0.461 e. The lowest BCUT2D eigenvalue weighted by atomic mass is 10.2. The van der Waals surface area contributed by atoms with Crippen LogP contribution in [0.2, 0.25) is 0 Å². The summed E-state index contributed by atoms with van der Waals surface area (Å²) in [7, 11) is 0. The molecule has 0 fully saturated rings. The van der Waals surface area contributed by atoms with Gasteiger partial charge in [-0.3, -0.25) is 4.79 Å². The van der Waals surface area contributed by atoms with Crippen LogP contribution in [0.5, 0.6) is 0 Å². The van der Waals surface area contributed by atoms with Gasteiger partial charge >= 0.3 is 12.6 Å². The Kier molecular flexibility index (Phi) is 9.24. The molecule has 17 heavy (non-hydrogen) atoms. The Morgan fingerprint density at radius 3 is 2.65 bits per heavy atom. The summed E-state index contributed by atoms with van der Waals surface area (Å²) < 4.78 is 32.1. The molecule has 98 valence electrons. The van der Waals surface area contributed by atoms with Gasteiger partial charge < -0.3 is 9.47 Å². The Balaban J connectivity index is 3.85. The number of hydrogen-bond acceptors (Lipinski definition) is 3. The average Bonchev–Trinajstić information content (AvgIpc) is 2.26. The van der Waals surface area contributed by atoms with Gasteiger partial charge in [-0.25, -0.2) is 0 Å². The van der Waals surface area contributed by atoms with Gasteiger partial charge in [0.05, 0.1) is 13.0 Å². The van der Waals surface area contributed by atoms with Gasteiger partial charge in [0.1, 0.15) is 6.61 Å². The lowest BCUT2D eigenvalue weighted by molar-refractivity contribution is -0.152. The maximum Gasteiger partial charge on any atom is 0.345 e. The summed E-state index contributed by atoms with van der Waals surface area (Å²) in [6.45, 7) is 0.823. The molecule has 0 bridgehead atoms. The zero-order chi connectivity index (χ0) is 13.1. The summed E-state index contributed by atoms with van der Waals surface area (Å²) >= 11 is 0. The third kappa shape index (κ3) is 9.68. The van der Waals surface area contributed by atoms with Crippen LogP contribution in [0.3, 0.4) is 0 Å². The van der Waals surface area contributed by atoms with E-state index in [-0.39, 0.29) is 19.6 Å². The Labute approximate surface area is 100 Å². The van der Waals surface area contributed by atoms with Crippen LogP contribution in [0.1, 0.15) is 26.7 Å². The summed E-state index contributed by atoms with van der Waals surface area (Å²) in [4.78, 5) is 11.1. The van der Waals surface area contributed by atoms with Crippen molar-refractivity contribution >= 4 is 5.97 Å². The molecule has 0 amide bonds. The first-order valence-electron chi connectivity index (χ1n) is 5.47. The van der Waals surface area contributed by atoms with Crippen LogP contribution < -0.4 is 0 Å². The molecule has 0 radical (unpaired) electrons. The smallest absolute Gasteiger partial charge is 0.345 e. The average molecular weight is 248 g/mol. The van der Waals surface area contributed by atoms with Crippen molar-refractivity contribution in [2.24, 2.45) is 0 Å². The molecule has 0 rings (SSSR count). The summed E-state index contributed by atoms with van der Waals surface area (Å²) in [5.41, 5.74) is 0.887. The molecule has 0 aliphatic carbocycles. The standard InChI is InChI=1S/C12H18F2O3/c1-3-5-10(6-4-2)9-17-11(15)7-8-16-12(13)14/h3,5-6,12H,4,7-9H2,1-2H3/b5-3-,10-6+. The van der Waals surface area contributed by atoms with Crippen LogP contribution in [-0.4, -0.2) is 25.8 Å². The van der Waals surface area contributed by atoms with Crippen molar-refractivity contribution in [3.63, 3.8) is 0 Å². The topological polar surface area (TPSA) is 35.5 Å². The van der Waals surface area contributed by atoms with Crippen molar-refractivity contribution in [2.75, 3.05) is 13.2 Å². The molecule has 0 spiro atoms. The van der Waals surface area contributed by atoms with Crippen molar-refractivity contribution in [3.8, 4) is 0 Å². The number of carbonyl (C=O) groups is 1. The second kappa shape index (κ2) is 9.96. The van der Waals surface area contributed by atoms with Gasteiger partial charge in [0.15, 0.2) is 0 Å². The first-order chi connectivity index (χ1) is 8.10. The normalized spacial score (nSPS) is 12.4. The van der Waals surface area contributed by atoms with Gasteiger partial charge in [-0.2, -0.15) is 8.78 Å². The van der Waals surface area contributed by atoms with Gasteiger partial charge in [0.25, 0.3) is 0 Å². The molecule has 0 aliphatic heterocycles. The van der Waals surface area contributed by atoms with Crippen molar-refractivity contribution in [1.82, 2.24) is 0 Å². The highest BCUT2D eigenvalue weighted by Crippen LogP contribution is 2.02. The van der Waals surface area contributed by atoms with Gasteiger partial charge in [-0.05, 0) is 18.9 Å². The number of esters is 1. The van der Waals surface area contributed by atoms with E-state index in [9.17, 15) is 13.6 Å². The maximum absolute atomic E-state index is 11.6. The number of hydrogen-bond donors (Lipinski definition) is 0. The fourth-order valence-corrected chi connectivity index (χ4v) is 1.12. The molecule has 0 atom stereocenters. The van der Waals surface area contributed by atoms with Crippen LogP contribution >= 0.6 is 0 Å². The predicted molar refractivity (Wildman–Crippen MR) is 60.7 cm³/mol. The quantitative estimate of drug-likeness (QED) is 0.489. The molecular weight excluding hydrogens is 230 g/mol. The lowest BCUT2D eigenvalue weighted by Crippen LogP contribution is -2.11. The van der Waals surface area contributed by atoms with E-state index in [0.29, 0.717) is 0 Å². The van der Waals surface area contributed by atoms with E-state index in [0.717, 1.165) is 12.0 Å². The number of allylic oxidation sites excluding steroid dienone is 2.